The van der Waals surface area contributed by atoms with Crippen LogP contribution in [-0.4, -0.2) is 73.6 Å². The Balaban J connectivity index is 2.21. The summed E-state index contributed by atoms with van der Waals surface area (Å²) in [7, 11) is 2.61. The van der Waals surface area contributed by atoms with Crippen LogP contribution in [0, 0.1) is 0 Å². The van der Waals surface area contributed by atoms with E-state index >= 15 is 0 Å². The topological polar surface area (TPSA) is 86.5 Å². The van der Waals surface area contributed by atoms with Gasteiger partial charge in [-0.2, -0.15) is 11.8 Å². The lowest BCUT2D eigenvalue weighted by molar-refractivity contribution is 0.401. The Kier molecular flexibility index (Phi) is 8.10. The highest BCUT2D eigenvalue weighted by Gasteiger charge is 2.22. The summed E-state index contributed by atoms with van der Waals surface area (Å²) in [4.78, 5) is 0.184. The molecule has 11 heteroatoms. The highest BCUT2D eigenvalue weighted by molar-refractivity contribution is 8.02. The molecular formula is C21H26N4O4S3. The Labute approximate surface area is 197 Å². The average Bonchev–Trinajstić information content (AvgIpc) is 3.22. The summed E-state index contributed by atoms with van der Waals surface area (Å²) in [5.74, 6) is 3.60. The summed E-state index contributed by atoms with van der Waals surface area (Å²) in [5.41, 5.74) is 1.33. The van der Waals surface area contributed by atoms with Gasteiger partial charge in [-0.05, 0) is 30.5 Å². The van der Waals surface area contributed by atoms with E-state index in [1.807, 2.05) is 28.8 Å². The first-order chi connectivity index (χ1) is 15.3. The second-order valence-electron chi connectivity index (χ2n) is 6.84. The lowest BCUT2D eigenvalue weighted by atomic mass is 10.2. The van der Waals surface area contributed by atoms with Gasteiger partial charge >= 0.3 is 0 Å². The van der Waals surface area contributed by atoms with Crippen molar-refractivity contribution in [3.05, 3.63) is 42.5 Å². The van der Waals surface area contributed by atoms with E-state index in [0.29, 0.717) is 33.7 Å². The van der Waals surface area contributed by atoms with E-state index in [1.165, 1.54) is 18.4 Å². The number of rotatable bonds is 10. The van der Waals surface area contributed by atoms with Crippen molar-refractivity contribution in [2.75, 3.05) is 46.1 Å². The van der Waals surface area contributed by atoms with Crippen LogP contribution in [-0.2, 0) is 10.0 Å². The molecule has 1 heterocycles. The van der Waals surface area contributed by atoms with E-state index in [1.54, 1.807) is 55.9 Å². The largest absolute Gasteiger partial charge is 0.497 e. The first-order valence-electron chi connectivity index (χ1n) is 9.66. The van der Waals surface area contributed by atoms with Crippen molar-refractivity contribution >= 4 is 33.5 Å². The Bertz CT molecular complexity index is 1180. The molecule has 0 saturated carbocycles. The zero-order valence-electron chi connectivity index (χ0n) is 18.6. The first kappa shape index (κ1) is 24.4. The van der Waals surface area contributed by atoms with Crippen molar-refractivity contribution in [1.29, 1.82) is 0 Å². The minimum Gasteiger partial charge on any atom is -0.497 e. The molecule has 3 rings (SSSR count). The van der Waals surface area contributed by atoms with Crippen LogP contribution in [0.25, 0.3) is 17.1 Å². The Morgan fingerprint density at radius 2 is 1.81 bits per heavy atom. The van der Waals surface area contributed by atoms with Gasteiger partial charge in [-0.25, -0.2) is 12.7 Å². The summed E-state index contributed by atoms with van der Waals surface area (Å²) in [6.45, 7) is 0. The minimum atomic E-state index is -3.60. The van der Waals surface area contributed by atoms with E-state index in [2.05, 4.69) is 16.5 Å². The van der Waals surface area contributed by atoms with E-state index < -0.39 is 10.0 Å². The molecule has 0 atom stereocenters. The van der Waals surface area contributed by atoms with Crippen LogP contribution in [0.5, 0.6) is 11.5 Å². The third-order valence-corrected chi connectivity index (χ3v) is 8.26. The lowest BCUT2D eigenvalue weighted by Gasteiger charge is -2.16. The maximum Gasteiger partial charge on any atom is 0.242 e. The molecule has 0 aliphatic heterocycles. The molecule has 0 aliphatic carbocycles. The smallest absolute Gasteiger partial charge is 0.242 e. The fraction of sp³-hybridized carbons (Fsp3) is 0.333. The molecule has 2 aromatic carbocycles. The Morgan fingerprint density at radius 3 is 2.47 bits per heavy atom. The summed E-state index contributed by atoms with van der Waals surface area (Å²) in [5, 5.41) is 9.51. The maximum atomic E-state index is 12.7. The van der Waals surface area contributed by atoms with Crippen molar-refractivity contribution in [2.24, 2.45) is 0 Å². The summed E-state index contributed by atoms with van der Waals surface area (Å²) in [6, 6.07) is 12.2. The van der Waals surface area contributed by atoms with Gasteiger partial charge in [-0.1, -0.05) is 23.9 Å². The fourth-order valence-corrected chi connectivity index (χ4v) is 5.50. The number of benzene rings is 2. The van der Waals surface area contributed by atoms with Crippen molar-refractivity contribution < 1.29 is 17.9 Å². The molecule has 3 aromatic rings. The number of hydrogen-bond acceptors (Lipinski definition) is 8. The van der Waals surface area contributed by atoms with Crippen LogP contribution >= 0.6 is 23.5 Å². The highest BCUT2D eigenvalue weighted by atomic mass is 32.2. The zero-order chi connectivity index (χ0) is 23.3. The van der Waals surface area contributed by atoms with Gasteiger partial charge in [0, 0.05) is 37.2 Å². The standard InChI is InChI=1S/C21H26N4O4S3/c1-24(2)32(26,27)17-8-6-7-15(13-17)20-22-23-21(31-12-11-30-5)25(20)18-14-16(28-3)9-10-19(18)29-4/h6-10,13-14H,11-12H2,1-5H3. The number of aromatic nitrogens is 3. The van der Waals surface area contributed by atoms with Crippen LogP contribution in [0.1, 0.15) is 0 Å². The van der Waals surface area contributed by atoms with Gasteiger partial charge in [0.2, 0.25) is 10.0 Å². The zero-order valence-corrected chi connectivity index (χ0v) is 21.1. The number of sulfonamides is 1. The van der Waals surface area contributed by atoms with Gasteiger partial charge < -0.3 is 9.47 Å². The summed E-state index contributed by atoms with van der Waals surface area (Å²) < 4.78 is 39.4. The molecular weight excluding hydrogens is 468 g/mol. The Hall–Kier alpha value is -2.21. The van der Waals surface area contributed by atoms with E-state index in [-0.39, 0.29) is 4.90 Å². The van der Waals surface area contributed by atoms with Crippen LogP contribution in [0.2, 0.25) is 0 Å². The predicted octanol–water partition coefficient (Wildman–Crippen LogP) is 3.66. The molecule has 0 aliphatic rings. The molecule has 0 unspecified atom stereocenters. The molecule has 0 fully saturated rings. The quantitative estimate of drug-likeness (QED) is 0.312. The predicted molar refractivity (Wildman–Crippen MR) is 130 cm³/mol. The van der Waals surface area contributed by atoms with Crippen LogP contribution < -0.4 is 9.47 Å². The maximum absolute atomic E-state index is 12.7. The van der Waals surface area contributed by atoms with Crippen LogP contribution in [0.4, 0.5) is 0 Å². The molecule has 1 aromatic heterocycles. The molecule has 0 amide bonds. The third-order valence-electron chi connectivity index (χ3n) is 4.65. The summed E-state index contributed by atoms with van der Waals surface area (Å²) >= 11 is 3.33. The number of ether oxygens (including phenoxy) is 2. The Morgan fingerprint density at radius 1 is 1.03 bits per heavy atom. The molecule has 8 nitrogen and oxygen atoms in total. The van der Waals surface area contributed by atoms with Crippen LogP contribution in [0.3, 0.4) is 0 Å². The molecule has 0 radical (unpaired) electrons. The molecule has 172 valence electrons. The van der Waals surface area contributed by atoms with E-state index in [4.69, 9.17) is 9.47 Å². The minimum absolute atomic E-state index is 0.184. The van der Waals surface area contributed by atoms with Crippen molar-refractivity contribution in [3.63, 3.8) is 0 Å². The molecule has 0 bridgehead atoms. The number of nitrogens with zero attached hydrogens (tertiary/aromatic N) is 4. The normalized spacial score (nSPS) is 11.7. The average molecular weight is 495 g/mol. The lowest BCUT2D eigenvalue weighted by Crippen LogP contribution is -2.22. The fourth-order valence-electron chi connectivity index (χ4n) is 2.96. The van der Waals surface area contributed by atoms with Crippen molar-refractivity contribution in [2.45, 2.75) is 10.1 Å². The molecule has 0 spiro atoms. The van der Waals surface area contributed by atoms with Gasteiger partial charge in [0.15, 0.2) is 11.0 Å². The highest BCUT2D eigenvalue weighted by Crippen LogP contribution is 2.35. The van der Waals surface area contributed by atoms with Gasteiger partial charge in [0.25, 0.3) is 0 Å². The molecule has 0 saturated heterocycles. The first-order valence-corrected chi connectivity index (χ1v) is 13.5. The monoisotopic (exact) mass is 494 g/mol. The molecule has 32 heavy (non-hydrogen) atoms. The van der Waals surface area contributed by atoms with Crippen molar-refractivity contribution in [1.82, 2.24) is 19.1 Å². The van der Waals surface area contributed by atoms with Gasteiger partial charge in [0.1, 0.15) is 11.5 Å². The number of hydrogen-bond donors (Lipinski definition) is 0. The van der Waals surface area contributed by atoms with Gasteiger partial charge in [0.05, 0.1) is 24.8 Å². The van der Waals surface area contributed by atoms with Gasteiger partial charge in [-0.15, -0.1) is 10.2 Å². The number of methoxy groups -OCH3 is 2. The molecule has 0 N–H and O–H groups in total. The van der Waals surface area contributed by atoms with Crippen molar-refractivity contribution in [3.8, 4) is 28.6 Å². The van der Waals surface area contributed by atoms with Crippen LogP contribution in [0.15, 0.2) is 52.5 Å². The van der Waals surface area contributed by atoms with E-state index in [9.17, 15) is 8.42 Å². The summed E-state index contributed by atoms with van der Waals surface area (Å²) in [6.07, 6.45) is 2.05. The second kappa shape index (κ2) is 10.6. The SMILES string of the molecule is COc1ccc(OC)c(-n2c(SCCSC)nnc2-c2cccc(S(=O)(=O)N(C)C)c2)c1. The van der Waals surface area contributed by atoms with Gasteiger partial charge in [-0.3, -0.25) is 4.57 Å². The third kappa shape index (κ3) is 5.06. The number of thioether (sulfide) groups is 2. The van der Waals surface area contributed by atoms with E-state index in [0.717, 1.165) is 11.5 Å². The second-order valence-corrected chi connectivity index (χ2v) is 11.0.